The zero-order valence-corrected chi connectivity index (χ0v) is 21.1. The maximum Gasteiger partial charge on any atom is 0.419 e. The molecule has 1 saturated heterocycles. The van der Waals surface area contributed by atoms with Gasteiger partial charge in [0.05, 0.1) is 22.2 Å². The predicted molar refractivity (Wildman–Crippen MR) is 128 cm³/mol. The Labute approximate surface area is 212 Å². The first kappa shape index (κ1) is 27.9. The molecule has 2 unspecified atom stereocenters. The van der Waals surface area contributed by atoms with Gasteiger partial charge < -0.3 is 4.74 Å². The van der Waals surface area contributed by atoms with Gasteiger partial charge >= 0.3 is 6.18 Å². The van der Waals surface area contributed by atoms with Gasteiger partial charge in [-0.3, -0.25) is 14.6 Å². The van der Waals surface area contributed by atoms with Gasteiger partial charge in [-0.15, -0.1) is 0 Å². The van der Waals surface area contributed by atoms with Crippen molar-refractivity contribution < 1.29 is 27.1 Å². The molecule has 10 heteroatoms. The van der Waals surface area contributed by atoms with Crippen LogP contribution in [0.3, 0.4) is 0 Å². The lowest BCUT2D eigenvalue weighted by Gasteiger charge is -2.29. The lowest BCUT2D eigenvalue weighted by Crippen LogP contribution is -2.37. The summed E-state index contributed by atoms with van der Waals surface area (Å²) in [6.07, 6.45) is -3.66. The summed E-state index contributed by atoms with van der Waals surface area (Å²) in [5.74, 6) is -1.21. The number of benzene rings is 2. The highest BCUT2D eigenvalue weighted by atomic mass is 35.5. The van der Waals surface area contributed by atoms with Crippen molar-refractivity contribution in [1.82, 2.24) is 9.80 Å². The highest BCUT2D eigenvalue weighted by Gasteiger charge is 2.38. The van der Waals surface area contributed by atoms with Crippen LogP contribution in [0.4, 0.5) is 17.6 Å². The van der Waals surface area contributed by atoms with Gasteiger partial charge in [-0.05, 0) is 48.9 Å². The molecule has 2 atom stereocenters. The van der Waals surface area contributed by atoms with Gasteiger partial charge in [0.15, 0.2) is 0 Å². The van der Waals surface area contributed by atoms with Gasteiger partial charge in [-0.2, -0.15) is 13.2 Å². The number of rotatable bonds is 10. The number of ether oxygens (including phenoxy) is 1. The van der Waals surface area contributed by atoms with Crippen LogP contribution in [-0.4, -0.2) is 62.0 Å². The van der Waals surface area contributed by atoms with Gasteiger partial charge in [0.1, 0.15) is 11.6 Å². The Kier molecular flexibility index (Phi) is 9.57. The summed E-state index contributed by atoms with van der Waals surface area (Å²) >= 11 is 12.3. The molecule has 0 spiro atoms. The number of methoxy groups -OCH3 is 1. The summed E-state index contributed by atoms with van der Waals surface area (Å²) in [5.41, 5.74) is 0.0979. The van der Waals surface area contributed by atoms with Gasteiger partial charge in [0.2, 0.25) is 0 Å². The zero-order chi connectivity index (χ0) is 25.8. The highest BCUT2D eigenvalue weighted by Crippen LogP contribution is 2.35. The van der Waals surface area contributed by atoms with Crippen molar-refractivity contribution in [2.75, 3.05) is 40.4 Å². The fraction of sp³-hybridized carbons (Fsp3) is 0.480. The molecule has 1 aliphatic heterocycles. The van der Waals surface area contributed by atoms with E-state index in [0.29, 0.717) is 54.7 Å². The second-order valence-electron chi connectivity index (χ2n) is 8.90. The maximum atomic E-state index is 14.1. The summed E-state index contributed by atoms with van der Waals surface area (Å²) in [6, 6.07) is 8.33. The molecule has 3 rings (SSSR count). The van der Waals surface area contributed by atoms with E-state index in [4.69, 9.17) is 27.9 Å². The van der Waals surface area contributed by atoms with Crippen molar-refractivity contribution in [2.45, 2.75) is 37.5 Å². The summed E-state index contributed by atoms with van der Waals surface area (Å²) in [6.45, 7) is 2.23. The maximum absolute atomic E-state index is 14.1. The first-order valence-corrected chi connectivity index (χ1v) is 12.0. The number of carbonyl (C=O) groups is 1. The van der Waals surface area contributed by atoms with E-state index in [0.717, 1.165) is 17.7 Å². The minimum absolute atomic E-state index is 0.0270. The monoisotopic (exact) mass is 534 g/mol. The Bertz CT molecular complexity index is 1040. The molecule has 0 aromatic heterocycles. The van der Waals surface area contributed by atoms with Crippen LogP contribution in [-0.2, 0) is 22.3 Å². The van der Waals surface area contributed by atoms with E-state index in [2.05, 4.69) is 4.90 Å². The lowest BCUT2D eigenvalue weighted by molar-refractivity contribution is -0.140. The molecule has 192 valence electrons. The van der Waals surface area contributed by atoms with Crippen LogP contribution in [0.1, 0.15) is 35.4 Å². The number of alkyl halides is 3. The van der Waals surface area contributed by atoms with Crippen molar-refractivity contribution >= 4 is 29.0 Å². The SMILES string of the molecule is COCCCC(=O)CN1CC(c2ccc(Cl)c(Cl)c2)C(N(C)Cc2ccc(C(F)(F)F)c(F)c2)C1. The molecule has 0 bridgehead atoms. The first-order valence-electron chi connectivity index (χ1n) is 11.2. The number of likely N-dealkylation sites (tertiary alicyclic amines) is 1. The molecule has 2 aromatic rings. The molecular formula is C25H28Cl2F4N2O2. The van der Waals surface area contributed by atoms with Gasteiger partial charge in [0, 0.05) is 51.7 Å². The van der Waals surface area contributed by atoms with Crippen LogP contribution in [0.5, 0.6) is 0 Å². The first-order chi connectivity index (χ1) is 16.5. The molecule has 35 heavy (non-hydrogen) atoms. The van der Waals surface area contributed by atoms with E-state index in [1.165, 1.54) is 6.07 Å². The molecule has 1 fully saturated rings. The Morgan fingerprint density at radius 2 is 1.89 bits per heavy atom. The van der Waals surface area contributed by atoms with Crippen molar-refractivity contribution in [2.24, 2.45) is 0 Å². The average Bonchev–Trinajstić information content (AvgIpc) is 3.19. The Hall–Kier alpha value is -1.71. The van der Waals surface area contributed by atoms with Crippen LogP contribution >= 0.6 is 23.2 Å². The van der Waals surface area contributed by atoms with Crippen molar-refractivity contribution in [3.05, 3.63) is 69.0 Å². The summed E-state index contributed by atoms with van der Waals surface area (Å²) in [5, 5.41) is 0.855. The molecule has 2 aromatic carbocycles. The Morgan fingerprint density at radius 3 is 2.51 bits per heavy atom. The van der Waals surface area contributed by atoms with E-state index < -0.39 is 17.6 Å². The second kappa shape index (κ2) is 12.0. The number of hydrogen-bond acceptors (Lipinski definition) is 4. The van der Waals surface area contributed by atoms with Crippen LogP contribution in [0, 0.1) is 5.82 Å². The Balaban J connectivity index is 1.78. The van der Waals surface area contributed by atoms with Gasteiger partial charge in [0.25, 0.3) is 0 Å². The summed E-state index contributed by atoms with van der Waals surface area (Å²) in [4.78, 5) is 16.5. The number of carbonyl (C=O) groups excluding carboxylic acids is 1. The van der Waals surface area contributed by atoms with Crippen LogP contribution in [0.2, 0.25) is 10.0 Å². The molecule has 0 saturated carbocycles. The normalized spacial score (nSPS) is 19.0. The van der Waals surface area contributed by atoms with Gasteiger partial charge in [-0.1, -0.05) is 35.3 Å². The van der Waals surface area contributed by atoms with Crippen LogP contribution in [0.25, 0.3) is 0 Å². The third kappa shape index (κ3) is 7.40. The molecule has 1 aliphatic rings. The van der Waals surface area contributed by atoms with Crippen molar-refractivity contribution in [3.63, 3.8) is 0 Å². The molecule has 0 amide bonds. The third-order valence-electron chi connectivity index (χ3n) is 6.28. The minimum atomic E-state index is -4.74. The topological polar surface area (TPSA) is 32.8 Å². The van der Waals surface area contributed by atoms with Crippen molar-refractivity contribution in [3.8, 4) is 0 Å². The van der Waals surface area contributed by atoms with Crippen molar-refractivity contribution in [1.29, 1.82) is 0 Å². The summed E-state index contributed by atoms with van der Waals surface area (Å²) < 4.78 is 57.9. The van der Waals surface area contributed by atoms with E-state index in [1.54, 1.807) is 19.2 Å². The summed E-state index contributed by atoms with van der Waals surface area (Å²) in [7, 11) is 3.43. The molecule has 1 heterocycles. The Morgan fingerprint density at radius 1 is 1.14 bits per heavy atom. The standard InChI is InChI=1S/C25H28Cl2F4N2O2/c1-32(12-16-5-7-20(23(28)10-16)25(29,30)31)24-15-33(13-18(34)4-3-9-35-2)14-19(24)17-6-8-21(26)22(27)11-17/h5-8,10-11,19,24H,3-4,9,12-15H2,1-2H3. The molecule has 0 radical (unpaired) electrons. The molecule has 4 nitrogen and oxygen atoms in total. The number of halogens is 6. The predicted octanol–water partition coefficient (Wildman–Crippen LogP) is 6.05. The van der Waals surface area contributed by atoms with E-state index in [-0.39, 0.29) is 24.3 Å². The van der Waals surface area contributed by atoms with Gasteiger partial charge in [-0.25, -0.2) is 4.39 Å². The zero-order valence-electron chi connectivity index (χ0n) is 19.5. The molecule has 0 aliphatic carbocycles. The average molecular weight is 535 g/mol. The highest BCUT2D eigenvalue weighted by molar-refractivity contribution is 6.42. The number of ketones is 1. The largest absolute Gasteiger partial charge is 0.419 e. The lowest BCUT2D eigenvalue weighted by atomic mass is 9.93. The number of Topliss-reactive ketones (excluding diaryl/α,β-unsaturated/α-hetero) is 1. The fourth-order valence-corrected chi connectivity index (χ4v) is 4.85. The van der Waals surface area contributed by atoms with E-state index >= 15 is 0 Å². The molecular weight excluding hydrogens is 507 g/mol. The minimum Gasteiger partial charge on any atom is -0.385 e. The number of nitrogens with zero attached hydrogens (tertiary/aromatic N) is 2. The second-order valence-corrected chi connectivity index (χ2v) is 9.72. The molecule has 0 N–H and O–H groups in total. The fourth-order valence-electron chi connectivity index (χ4n) is 4.55. The smallest absolute Gasteiger partial charge is 0.385 e. The van der Waals surface area contributed by atoms with E-state index in [9.17, 15) is 22.4 Å². The van der Waals surface area contributed by atoms with Crippen LogP contribution < -0.4 is 0 Å². The van der Waals surface area contributed by atoms with Crippen LogP contribution in [0.15, 0.2) is 36.4 Å². The number of likely N-dealkylation sites (N-methyl/N-ethyl adjacent to an activating group) is 1. The quantitative estimate of drug-likeness (QED) is 0.274. The van der Waals surface area contributed by atoms with E-state index in [1.807, 2.05) is 18.0 Å². The third-order valence-corrected chi connectivity index (χ3v) is 7.02. The number of hydrogen-bond donors (Lipinski definition) is 0.